The molecule has 0 aromatic carbocycles. The van der Waals surface area contributed by atoms with Crippen LogP contribution in [0.4, 0.5) is 0 Å². The Morgan fingerprint density at radius 2 is 2.45 bits per heavy atom. The first-order chi connectivity index (χ1) is 5.43. The lowest BCUT2D eigenvalue weighted by Gasteiger charge is -1.98. The minimum Gasteiger partial charge on any atom is -0.382 e. The Kier molecular flexibility index (Phi) is 3.57. The molecule has 0 saturated carbocycles. The van der Waals surface area contributed by atoms with Crippen molar-refractivity contribution in [3.05, 3.63) is 11.9 Å². The minimum atomic E-state index is 0.486. The molecule has 1 N–H and O–H groups in total. The monoisotopic (exact) mass is 157 g/mol. The molecule has 0 aliphatic carbocycles. The Balaban J connectivity index is 2.04. The van der Waals surface area contributed by atoms with Gasteiger partial charge in [0.1, 0.15) is 5.69 Å². The standard InChI is InChI=1S/C6H11N3O2/c1-10-2-3-11-5-6-4-7-9-8-6/h4H,2-3,5H2,1H3,(H,7,8,9). The predicted octanol–water partition coefficient (Wildman–Crippen LogP) is -0.0323. The Bertz CT molecular complexity index is 176. The fraction of sp³-hybridized carbons (Fsp3) is 0.667. The summed E-state index contributed by atoms with van der Waals surface area (Å²) in [5, 5.41) is 9.95. The third-order valence-corrected chi connectivity index (χ3v) is 1.15. The van der Waals surface area contributed by atoms with Crippen LogP contribution in [0.1, 0.15) is 5.69 Å². The van der Waals surface area contributed by atoms with E-state index in [1.165, 1.54) is 0 Å². The predicted molar refractivity (Wildman–Crippen MR) is 37.9 cm³/mol. The van der Waals surface area contributed by atoms with Crippen molar-refractivity contribution in [1.29, 1.82) is 0 Å². The van der Waals surface area contributed by atoms with Gasteiger partial charge in [-0.3, -0.25) is 0 Å². The van der Waals surface area contributed by atoms with Crippen LogP contribution in [0, 0.1) is 0 Å². The summed E-state index contributed by atoms with van der Waals surface area (Å²) in [6.07, 6.45) is 1.63. The first-order valence-electron chi connectivity index (χ1n) is 3.35. The van der Waals surface area contributed by atoms with Crippen molar-refractivity contribution in [2.24, 2.45) is 0 Å². The van der Waals surface area contributed by atoms with Gasteiger partial charge in [0, 0.05) is 7.11 Å². The molecule has 11 heavy (non-hydrogen) atoms. The van der Waals surface area contributed by atoms with Crippen molar-refractivity contribution in [2.75, 3.05) is 20.3 Å². The number of H-pyrrole nitrogens is 1. The maximum atomic E-state index is 5.17. The summed E-state index contributed by atoms with van der Waals surface area (Å²) in [4.78, 5) is 0. The molecular formula is C6H11N3O2. The lowest BCUT2D eigenvalue weighted by atomic mass is 10.5. The Morgan fingerprint density at radius 3 is 3.09 bits per heavy atom. The average molecular weight is 157 g/mol. The topological polar surface area (TPSA) is 60.0 Å². The Morgan fingerprint density at radius 1 is 1.55 bits per heavy atom. The molecule has 1 aromatic heterocycles. The third kappa shape index (κ3) is 3.10. The van der Waals surface area contributed by atoms with Gasteiger partial charge in [0.25, 0.3) is 0 Å². The molecule has 0 spiro atoms. The molecule has 0 fully saturated rings. The van der Waals surface area contributed by atoms with E-state index in [4.69, 9.17) is 9.47 Å². The number of nitrogens with one attached hydrogen (secondary N) is 1. The minimum absolute atomic E-state index is 0.486. The number of hydrogen-bond acceptors (Lipinski definition) is 4. The van der Waals surface area contributed by atoms with Crippen LogP contribution in [0.25, 0.3) is 0 Å². The van der Waals surface area contributed by atoms with Crippen LogP contribution in [0.3, 0.4) is 0 Å². The summed E-state index contributed by atoms with van der Waals surface area (Å²) in [6.45, 7) is 1.68. The van der Waals surface area contributed by atoms with Crippen molar-refractivity contribution in [1.82, 2.24) is 15.4 Å². The molecule has 0 bridgehead atoms. The van der Waals surface area contributed by atoms with E-state index in [1.807, 2.05) is 0 Å². The molecule has 0 aliphatic rings. The molecule has 5 heteroatoms. The van der Waals surface area contributed by atoms with E-state index in [9.17, 15) is 0 Å². The molecule has 0 unspecified atom stereocenters. The van der Waals surface area contributed by atoms with Gasteiger partial charge in [0.15, 0.2) is 0 Å². The smallest absolute Gasteiger partial charge is 0.108 e. The van der Waals surface area contributed by atoms with E-state index in [0.29, 0.717) is 19.8 Å². The zero-order valence-electron chi connectivity index (χ0n) is 6.41. The number of ether oxygens (including phenoxy) is 2. The van der Waals surface area contributed by atoms with Gasteiger partial charge in [-0.15, -0.1) is 0 Å². The second-order valence-electron chi connectivity index (χ2n) is 2.01. The molecule has 0 atom stereocenters. The largest absolute Gasteiger partial charge is 0.382 e. The summed E-state index contributed by atoms with van der Waals surface area (Å²) in [6, 6.07) is 0. The number of aromatic nitrogens is 3. The summed E-state index contributed by atoms with van der Waals surface area (Å²) in [5.74, 6) is 0. The number of hydrogen-bond donors (Lipinski definition) is 1. The molecule has 0 amide bonds. The fourth-order valence-electron chi connectivity index (χ4n) is 0.614. The quantitative estimate of drug-likeness (QED) is 0.609. The van der Waals surface area contributed by atoms with E-state index in [0.717, 1.165) is 5.69 Å². The zero-order valence-corrected chi connectivity index (χ0v) is 6.41. The van der Waals surface area contributed by atoms with Gasteiger partial charge in [-0.05, 0) is 0 Å². The highest BCUT2D eigenvalue weighted by Gasteiger charge is 1.93. The molecule has 1 heterocycles. The van der Waals surface area contributed by atoms with Gasteiger partial charge < -0.3 is 9.47 Å². The maximum Gasteiger partial charge on any atom is 0.108 e. The second-order valence-corrected chi connectivity index (χ2v) is 2.01. The van der Waals surface area contributed by atoms with Gasteiger partial charge in [-0.1, -0.05) is 0 Å². The zero-order chi connectivity index (χ0) is 7.94. The molecule has 0 saturated heterocycles. The first-order valence-corrected chi connectivity index (χ1v) is 3.35. The molecular weight excluding hydrogens is 146 g/mol. The molecule has 62 valence electrons. The summed E-state index contributed by atoms with van der Waals surface area (Å²) in [7, 11) is 1.64. The van der Waals surface area contributed by atoms with E-state index in [-0.39, 0.29) is 0 Å². The van der Waals surface area contributed by atoms with Gasteiger partial charge in [-0.2, -0.15) is 15.4 Å². The third-order valence-electron chi connectivity index (χ3n) is 1.15. The highest BCUT2D eigenvalue weighted by molar-refractivity contribution is 4.86. The highest BCUT2D eigenvalue weighted by atomic mass is 16.5. The van der Waals surface area contributed by atoms with Gasteiger partial charge in [-0.25, -0.2) is 0 Å². The lowest BCUT2D eigenvalue weighted by Crippen LogP contribution is -2.01. The van der Waals surface area contributed by atoms with Gasteiger partial charge in [0.05, 0.1) is 26.0 Å². The van der Waals surface area contributed by atoms with Crippen LogP contribution in [-0.4, -0.2) is 35.7 Å². The van der Waals surface area contributed by atoms with E-state index < -0.39 is 0 Å². The lowest BCUT2D eigenvalue weighted by molar-refractivity contribution is 0.0602. The average Bonchev–Trinajstić information content (AvgIpc) is 2.50. The molecule has 0 aliphatic heterocycles. The van der Waals surface area contributed by atoms with Crippen molar-refractivity contribution >= 4 is 0 Å². The van der Waals surface area contributed by atoms with Crippen molar-refractivity contribution in [2.45, 2.75) is 6.61 Å². The van der Waals surface area contributed by atoms with E-state index in [1.54, 1.807) is 13.3 Å². The van der Waals surface area contributed by atoms with Gasteiger partial charge >= 0.3 is 0 Å². The Hall–Kier alpha value is -0.940. The molecule has 5 nitrogen and oxygen atoms in total. The first kappa shape index (κ1) is 8.16. The second kappa shape index (κ2) is 4.81. The number of nitrogens with zero attached hydrogens (tertiary/aromatic N) is 2. The number of methoxy groups -OCH3 is 1. The SMILES string of the molecule is COCCOCc1cn[nH]n1. The molecule has 1 rings (SSSR count). The van der Waals surface area contributed by atoms with E-state index >= 15 is 0 Å². The Labute approximate surface area is 64.7 Å². The van der Waals surface area contributed by atoms with Crippen molar-refractivity contribution in [3.8, 4) is 0 Å². The number of rotatable bonds is 5. The van der Waals surface area contributed by atoms with Crippen LogP contribution >= 0.6 is 0 Å². The van der Waals surface area contributed by atoms with Crippen LogP contribution < -0.4 is 0 Å². The van der Waals surface area contributed by atoms with Crippen LogP contribution in [0.2, 0.25) is 0 Å². The van der Waals surface area contributed by atoms with Gasteiger partial charge in [0.2, 0.25) is 0 Å². The summed E-state index contributed by atoms with van der Waals surface area (Å²) >= 11 is 0. The fourth-order valence-corrected chi connectivity index (χ4v) is 0.614. The van der Waals surface area contributed by atoms with Crippen LogP contribution in [-0.2, 0) is 16.1 Å². The maximum absolute atomic E-state index is 5.17. The highest BCUT2D eigenvalue weighted by Crippen LogP contribution is 1.91. The normalized spacial score (nSPS) is 10.3. The van der Waals surface area contributed by atoms with Crippen molar-refractivity contribution < 1.29 is 9.47 Å². The summed E-state index contributed by atoms with van der Waals surface area (Å²) in [5.41, 5.74) is 0.807. The summed E-state index contributed by atoms with van der Waals surface area (Å²) < 4.78 is 9.96. The van der Waals surface area contributed by atoms with Crippen LogP contribution in [0.15, 0.2) is 6.20 Å². The van der Waals surface area contributed by atoms with Crippen molar-refractivity contribution in [3.63, 3.8) is 0 Å². The molecule has 0 radical (unpaired) electrons. The number of aromatic amines is 1. The van der Waals surface area contributed by atoms with Crippen LogP contribution in [0.5, 0.6) is 0 Å². The van der Waals surface area contributed by atoms with E-state index in [2.05, 4.69) is 15.4 Å². The molecule has 1 aromatic rings.